The number of carbonyl (C=O) groups is 1. The van der Waals surface area contributed by atoms with E-state index in [0.29, 0.717) is 29.9 Å². The van der Waals surface area contributed by atoms with Gasteiger partial charge in [-0.05, 0) is 92.8 Å². The Balaban J connectivity index is 1.58. The van der Waals surface area contributed by atoms with Crippen molar-refractivity contribution in [3.8, 4) is 5.75 Å². The van der Waals surface area contributed by atoms with E-state index in [4.69, 9.17) is 4.74 Å². The second kappa shape index (κ2) is 9.75. The Kier molecular flexibility index (Phi) is 7.00. The monoisotopic (exact) mass is 474 g/mol. The van der Waals surface area contributed by atoms with Crippen LogP contribution in [0.15, 0.2) is 58.3 Å². The molecule has 2 aliphatic rings. The van der Waals surface area contributed by atoms with E-state index in [1.165, 1.54) is 17.1 Å². The molecular formula is C24H30N2O4S2. The van der Waals surface area contributed by atoms with Crippen LogP contribution in [0.4, 0.5) is 5.69 Å². The number of thioether (sulfide) groups is 1. The topological polar surface area (TPSA) is 75.7 Å². The average Bonchev–Trinajstić information content (AvgIpc) is 3.42. The number of ether oxygens (including phenoxy) is 1. The van der Waals surface area contributed by atoms with Crippen LogP contribution in [0.2, 0.25) is 0 Å². The predicted octanol–water partition coefficient (Wildman–Crippen LogP) is 4.31. The summed E-state index contributed by atoms with van der Waals surface area (Å²) >= 11 is 1.55. The second-order valence-corrected chi connectivity index (χ2v) is 11.2. The summed E-state index contributed by atoms with van der Waals surface area (Å²) < 4.78 is 33.8. The number of nitrogens with zero attached hydrogens (tertiary/aromatic N) is 1. The summed E-state index contributed by atoms with van der Waals surface area (Å²) in [4.78, 5) is 14.1. The van der Waals surface area contributed by atoms with Crippen LogP contribution >= 0.6 is 11.8 Å². The first-order chi connectivity index (χ1) is 15.4. The Morgan fingerprint density at radius 3 is 2.38 bits per heavy atom. The number of amides is 1. The van der Waals surface area contributed by atoms with Gasteiger partial charge in [0.2, 0.25) is 5.91 Å². The number of anilines is 1. The summed E-state index contributed by atoms with van der Waals surface area (Å²) in [5.41, 5.74) is 0.436. The zero-order valence-corrected chi connectivity index (χ0v) is 20.1. The number of fused-ring (bicyclic) bond motifs is 2. The molecule has 6 nitrogen and oxygen atoms in total. The molecule has 1 amide bonds. The molecule has 2 aliphatic carbocycles. The van der Waals surface area contributed by atoms with Gasteiger partial charge in [0.05, 0.1) is 17.2 Å². The third kappa shape index (κ3) is 4.91. The maximum absolute atomic E-state index is 13.6. The first-order valence-electron chi connectivity index (χ1n) is 11.1. The van der Waals surface area contributed by atoms with Gasteiger partial charge in [0.1, 0.15) is 12.3 Å². The van der Waals surface area contributed by atoms with Crippen molar-refractivity contribution in [3.63, 3.8) is 0 Å². The molecule has 0 aromatic heterocycles. The van der Waals surface area contributed by atoms with Gasteiger partial charge < -0.3 is 10.1 Å². The molecule has 0 radical (unpaired) electrons. The minimum Gasteiger partial charge on any atom is -0.494 e. The lowest BCUT2D eigenvalue weighted by molar-refractivity contribution is -0.120. The van der Waals surface area contributed by atoms with Gasteiger partial charge in [-0.25, -0.2) is 8.42 Å². The number of sulfonamides is 1. The van der Waals surface area contributed by atoms with Crippen LogP contribution in [0.5, 0.6) is 5.75 Å². The average molecular weight is 475 g/mol. The van der Waals surface area contributed by atoms with Crippen molar-refractivity contribution >= 4 is 33.4 Å². The molecule has 2 aromatic carbocycles. The van der Waals surface area contributed by atoms with Crippen LogP contribution in [0.25, 0.3) is 0 Å². The Labute approximate surface area is 194 Å². The van der Waals surface area contributed by atoms with Gasteiger partial charge in [-0.1, -0.05) is 6.42 Å². The minimum absolute atomic E-state index is 0.159. The number of benzene rings is 2. The smallest absolute Gasteiger partial charge is 0.264 e. The van der Waals surface area contributed by atoms with Crippen LogP contribution in [-0.2, 0) is 14.8 Å². The van der Waals surface area contributed by atoms with Gasteiger partial charge in [-0.2, -0.15) is 0 Å². The van der Waals surface area contributed by atoms with E-state index in [1.807, 2.05) is 13.2 Å². The molecule has 0 spiro atoms. The van der Waals surface area contributed by atoms with E-state index in [2.05, 4.69) is 5.32 Å². The molecule has 32 heavy (non-hydrogen) atoms. The van der Waals surface area contributed by atoms with Gasteiger partial charge >= 0.3 is 0 Å². The van der Waals surface area contributed by atoms with E-state index in [-0.39, 0.29) is 23.4 Å². The maximum Gasteiger partial charge on any atom is 0.264 e. The van der Waals surface area contributed by atoms with Crippen molar-refractivity contribution in [2.24, 2.45) is 11.8 Å². The zero-order chi connectivity index (χ0) is 22.7. The summed E-state index contributed by atoms with van der Waals surface area (Å²) in [5.74, 6) is 1.62. The molecule has 0 unspecified atom stereocenters. The fourth-order valence-electron chi connectivity index (χ4n) is 4.87. The lowest BCUT2D eigenvalue weighted by Crippen LogP contribution is -2.45. The van der Waals surface area contributed by atoms with E-state index in [0.717, 1.165) is 17.7 Å². The quantitative estimate of drug-likeness (QED) is 0.548. The van der Waals surface area contributed by atoms with Crippen LogP contribution in [-0.4, -0.2) is 39.8 Å². The standard InChI is InChI=1S/C24H30N2O4S2/c1-3-30-20-8-6-19(7-9-20)26(32(28,29)22-12-10-21(31-2)11-13-22)16-24(27)25-23-15-17-4-5-18(23)14-17/h6-13,17-18,23H,3-5,14-16H2,1-2H3,(H,25,27)/t17-,18+,23+/m1/s1. The molecule has 0 aliphatic heterocycles. The summed E-state index contributed by atoms with van der Waals surface area (Å²) in [7, 11) is -3.92. The normalized spacial score (nSPS) is 22.0. The molecule has 2 bridgehead atoms. The van der Waals surface area contributed by atoms with Crippen molar-refractivity contribution in [1.82, 2.24) is 5.32 Å². The van der Waals surface area contributed by atoms with Gasteiger partial charge in [-0.15, -0.1) is 11.8 Å². The molecule has 172 valence electrons. The highest BCUT2D eigenvalue weighted by molar-refractivity contribution is 7.98. The van der Waals surface area contributed by atoms with Crippen molar-refractivity contribution in [2.75, 3.05) is 23.7 Å². The second-order valence-electron chi connectivity index (χ2n) is 8.46. The van der Waals surface area contributed by atoms with Gasteiger partial charge in [0.15, 0.2) is 0 Å². The van der Waals surface area contributed by atoms with Gasteiger partial charge in [0.25, 0.3) is 10.0 Å². The van der Waals surface area contributed by atoms with Crippen LogP contribution < -0.4 is 14.4 Å². The SMILES string of the molecule is CCOc1ccc(N(CC(=O)N[C@H]2C[C@@H]3CC[C@H]2C3)S(=O)(=O)c2ccc(SC)cc2)cc1. The number of hydrogen-bond acceptors (Lipinski definition) is 5. The number of hydrogen-bond donors (Lipinski definition) is 1. The molecule has 8 heteroatoms. The van der Waals surface area contributed by atoms with Crippen LogP contribution in [0.3, 0.4) is 0 Å². The van der Waals surface area contributed by atoms with E-state index in [1.54, 1.807) is 60.3 Å². The Bertz CT molecular complexity index is 1040. The lowest BCUT2D eigenvalue weighted by Gasteiger charge is -2.27. The third-order valence-corrected chi connectivity index (χ3v) is 8.99. The third-order valence-electron chi connectivity index (χ3n) is 6.45. The Hall–Kier alpha value is -2.19. The van der Waals surface area contributed by atoms with Crippen LogP contribution in [0.1, 0.15) is 32.6 Å². The van der Waals surface area contributed by atoms with Crippen LogP contribution in [0, 0.1) is 11.8 Å². The first kappa shape index (κ1) is 23.0. The van der Waals surface area contributed by atoms with E-state index >= 15 is 0 Å². The molecule has 4 rings (SSSR count). The zero-order valence-electron chi connectivity index (χ0n) is 18.5. The van der Waals surface area contributed by atoms with Crippen molar-refractivity contribution in [3.05, 3.63) is 48.5 Å². The molecule has 2 saturated carbocycles. The summed E-state index contributed by atoms with van der Waals surface area (Å²) in [6.45, 7) is 2.16. The summed E-state index contributed by atoms with van der Waals surface area (Å²) in [5, 5.41) is 3.11. The number of carbonyl (C=O) groups excluding carboxylic acids is 1. The molecule has 2 aromatic rings. The molecular weight excluding hydrogens is 444 g/mol. The number of nitrogens with one attached hydrogen (secondary N) is 1. The maximum atomic E-state index is 13.6. The first-order valence-corrected chi connectivity index (χ1v) is 13.8. The Morgan fingerprint density at radius 1 is 1.09 bits per heavy atom. The molecule has 0 heterocycles. The number of rotatable bonds is 9. The van der Waals surface area contributed by atoms with Crippen molar-refractivity contribution in [1.29, 1.82) is 0 Å². The van der Waals surface area contributed by atoms with Gasteiger partial charge in [-0.3, -0.25) is 9.10 Å². The minimum atomic E-state index is -3.92. The molecule has 1 N–H and O–H groups in total. The van der Waals surface area contributed by atoms with Crippen molar-refractivity contribution in [2.45, 2.75) is 48.4 Å². The molecule has 3 atom stereocenters. The lowest BCUT2D eigenvalue weighted by atomic mass is 9.95. The van der Waals surface area contributed by atoms with E-state index < -0.39 is 10.0 Å². The van der Waals surface area contributed by atoms with E-state index in [9.17, 15) is 13.2 Å². The summed E-state index contributed by atoms with van der Waals surface area (Å²) in [6, 6.07) is 13.7. The van der Waals surface area contributed by atoms with Crippen molar-refractivity contribution < 1.29 is 17.9 Å². The highest BCUT2D eigenvalue weighted by Crippen LogP contribution is 2.44. The van der Waals surface area contributed by atoms with Gasteiger partial charge in [0, 0.05) is 10.9 Å². The highest BCUT2D eigenvalue weighted by Gasteiger charge is 2.40. The highest BCUT2D eigenvalue weighted by atomic mass is 32.2. The molecule has 0 saturated heterocycles. The fraction of sp³-hybridized carbons (Fsp3) is 0.458. The largest absolute Gasteiger partial charge is 0.494 e. The predicted molar refractivity (Wildman–Crippen MR) is 128 cm³/mol. The Morgan fingerprint density at radius 2 is 1.81 bits per heavy atom. The molecule has 2 fully saturated rings. The fourth-order valence-corrected chi connectivity index (χ4v) is 6.70. The summed E-state index contributed by atoms with van der Waals surface area (Å²) in [6.07, 6.45) is 6.51.